The standard InChI is InChI=1S/C23H26N2O6S/c1-23(2,3)15-7-11-17(12-8-15)32(29,30)13-18-19(21(27)31-4)20(25-22(28)24-18)14-5-9-16(26)10-6-14/h5-12,20,26H,13H2,1-4H3,(H2,24,25,28)/t20-/m1/s1. The molecule has 3 rings (SSSR count). The summed E-state index contributed by atoms with van der Waals surface area (Å²) >= 11 is 0. The molecule has 0 saturated carbocycles. The Labute approximate surface area is 187 Å². The highest BCUT2D eigenvalue weighted by Crippen LogP contribution is 2.30. The van der Waals surface area contributed by atoms with Crippen molar-refractivity contribution in [2.24, 2.45) is 0 Å². The number of hydrogen-bond donors (Lipinski definition) is 3. The summed E-state index contributed by atoms with van der Waals surface area (Å²) in [4.78, 5) is 25.0. The zero-order valence-electron chi connectivity index (χ0n) is 18.3. The average Bonchev–Trinajstić information content (AvgIpc) is 2.72. The molecule has 2 aromatic rings. The second-order valence-electron chi connectivity index (χ2n) is 8.54. The van der Waals surface area contributed by atoms with Crippen LogP contribution in [0.25, 0.3) is 0 Å². The zero-order chi connectivity index (χ0) is 23.7. The van der Waals surface area contributed by atoms with Gasteiger partial charge in [-0.2, -0.15) is 0 Å². The van der Waals surface area contributed by atoms with Gasteiger partial charge in [0, 0.05) is 5.70 Å². The van der Waals surface area contributed by atoms with E-state index in [1.165, 1.54) is 43.5 Å². The lowest BCUT2D eigenvalue weighted by Gasteiger charge is -2.29. The quantitative estimate of drug-likeness (QED) is 0.592. The molecule has 32 heavy (non-hydrogen) atoms. The molecule has 3 N–H and O–H groups in total. The third kappa shape index (κ3) is 4.94. The first-order valence-corrected chi connectivity index (χ1v) is 11.6. The van der Waals surface area contributed by atoms with Crippen LogP contribution in [0.5, 0.6) is 5.75 Å². The molecule has 0 saturated heterocycles. The summed E-state index contributed by atoms with van der Waals surface area (Å²) in [6.45, 7) is 6.08. The lowest BCUT2D eigenvalue weighted by atomic mass is 9.87. The van der Waals surface area contributed by atoms with Crippen LogP contribution in [-0.4, -0.2) is 38.4 Å². The van der Waals surface area contributed by atoms with Gasteiger partial charge in [-0.3, -0.25) is 0 Å². The van der Waals surface area contributed by atoms with Crippen LogP contribution in [0.1, 0.15) is 37.9 Å². The SMILES string of the molecule is COC(=O)C1=C(CS(=O)(=O)c2ccc(C(C)(C)C)cc2)NC(=O)N[C@@H]1c1ccc(O)cc1. The number of phenolic OH excluding ortho intramolecular Hbond substituents is 1. The molecule has 0 unspecified atom stereocenters. The fourth-order valence-electron chi connectivity index (χ4n) is 3.44. The summed E-state index contributed by atoms with van der Waals surface area (Å²) in [6.07, 6.45) is 0. The molecule has 1 aliphatic rings. The highest BCUT2D eigenvalue weighted by Gasteiger charge is 2.35. The van der Waals surface area contributed by atoms with E-state index in [2.05, 4.69) is 10.6 Å². The molecule has 2 amide bonds. The molecule has 2 aromatic carbocycles. The summed E-state index contributed by atoms with van der Waals surface area (Å²) in [6, 6.07) is 10.8. The molecule has 0 spiro atoms. The van der Waals surface area contributed by atoms with Gasteiger partial charge in [0.1, 0.15) is 5.75 Å². The van der Waals surface area contributed by atoms with Gasteiger partial charge in [0.25, 0.3) is 0 Å². The number of esters is 1. The van der Waals surface area contributed by atoms with Gasteiger partial charge < -0.3 is 20.5 Å². The molecular formula is C23H26N2O6S. The molecule has 1 atom stereocenters. The van der Waals surface area contributed by atoms with E-state index in [4.69, 9.17) is 4.74 Å². The number of carbonyl (C=O) groups is 2. The van der Waals surface area contributed by atoms with E-state index >= 15 is 0 Å². The van der Waals surface area contributed by atoms with Crippen molar-refractivity contribution in [3.05, 3.63) is 70.9 Å². The highest BCUT2D eigenvalue weighted by atomic mass is 32.2. The van der Waals surface area contributed by atoms with Crippen LogP contribution in [0.2, 0.25) is 0 Å². The largest absolute Gasteiger partial charge is 0.508 e. The Morgan fingerprint density at radius 1 is 1.06 bits per heavy atom. The summed E-state index contributed by atoms with van der Waals surface area (Å²) in [5.41, 5.74) is 1.26. The Hall–Kier alpha value is -3.33. The van der Waals surface area contributed by atoms with E-state index in [9.17, 15) is 23.1 Å². The van der Waals surface area contributed by atoms with Crippen LogP contribution in [0.3, 0.4) is 0 Å². The average molecular weight is 459 g/mol. The van der Waals surface area contributed by atoms with Gasteiger partial charge >= 0.3 is 12.0 Å². The Morgan fingerprint density at radius 3 is 2.19 bits per heavy atom. The molecule has 1 heterocycles. The van der Waals surface area contributed by atoms with Gasteiger partial charge in [-0.1, -0.05) is 45.0 Å². The van der Waals surface area contributed by atoms with E-state index in [0.717, 1.165) is 5.56 Å². The molecule has 9 heteroatoms. The van der Waals surface area contributed by atoms with Crippen molar-refractivity contribution in [1.29, 1.82) is 0 Å². The van der Waals surface area contributed by atoms with E-state index < -0.39 is 33.6 Å². The van der Waals surface area contributed by atoms with Gasteiger partial charge in [-0.15, -0.1) is 0 Å². The second kappa shape index (κ2) is 8.66. The number of rotatable bonds is 5. The minimum atomic E-state index is -3.88. The fourth-order valence-corrected chi connectivity index (χ4v) is 4.76. The Morgan fingerprint density at radius 2 is 1.66 bits per heavy atom. The number of benzene rings is 2. The molecule has 0 fully saturated rings. The van der Waals surface area contributed by atoms with Crippen LogP contribution in [-0.2, 0) is 24.8 Å². The number of carbonyl (C=O) groups excluding carboxylic acids is 2. The number of hydrogen-bond acceptors (Lipinski definition) is 6. The van der Waals surface area contributed by atoms with Gasteiger partial charge in [-0.25, -0.2) is 18.0 Å². The third-order valence-electron chi connectivity index (χ3n) is 5.20. The Balaban J connectivity index is 2.04. The maximum Gasteiger partial charge on any atom is 0.338 e. The predicted molar refractivity (Wildman–Crippen MR) is 119 cm³/mol. The van der Waals surface area contributed by atoms with Crippen LogP contribution in [0, 0.1) is 0 Å². The summed E-state index contributed by atoms with van der Waals surface area (Å²) in [7, 11) is -2.70. The Kier molecular flexibility index (Phi) is 6.32. The summed E-state index contributed by atoms with van der Waals surface area (Å²) < 4.78 is 31.1. The normalized spacial score (nSPS) is 16.9. The number of phenols is 1. The monoisotopic (exact) mass is 458 g/mol. The van der Waals surface area contributed by atoms with Crippen molar-refractivity contribution < 1.29 is 27.9 Å². The first kappa shape index (κ1) is 23.3. The van der Waals surface area contributed by atoms with Crippen LogP contribution in [0.15, 0.2) is 64.7 Å². The van der Waals surface area contributed by atoms with Crippen molar-refractivity contribution in [3.8, 4) is 5.75 Å². The minimum Gasteiger partial charge on any atom is -0.508 e. The van der Waals surface area contributed by atoms with Gasteiger partial charge in [-0.05, 0) is 40.8 Å². The van der Waals surface area contributed by atoms with Crippen molar-refractivity contribution in [1.82, 2.24) is 10.6 Å². The van der Waals surface area contributed by atoms with Crippen LogP contribution < -0.4 is 10.6 Å². The molecule has 170 valence electrons. The number of urea groups is 1. The smallest absolute Gasteiger partial charge is 0.338 e. The van der Waals surface area contributed by atoms with Crippen molar-refractivity contribution in [2.45, 2.75) is 37.1 Å². The fraction of sp³-hybridized carbons (Fsp3) is 0.304. The summed E-state index contributed by atoms with van der Waals surface area (Å²) in [5, 5.41) is 14.6. The van der Waals surface area contributed by atoms with Gasteiger partial charge in [0.15, 0.2) is 9.84 Å². The molecule has 8 nitrogen and oxygen atoms in total. The third-order valence-corrected chi connectivity index (χ3v) is 6.86. The second-order valence-corrected chi connectivity index (χ2v) is 10.5. The highest BCUT2D eigenvalue weighted by molar-refractivity contribution is 7.91. The number of sulfone groups is 1. The van der Waals surface area contributed by atoms with E-state index in [0.29, 0.717) is 5.56 Å². The predicted octanol–water partition coefficient (Wildman–Crippen LogP) is 2.94. The number of nitrogens with one attached hydrogen (secondary N) is 2. The first-order valence-electron chi connectivity index (χ1n) is 9.93. The topological polar surface area (TPSA) is 122 Å². The maximum absolute atomic E-state index is 13.1. The zero-order valence-corrected chi connectivity index (χ0v) is 19.1. The summed E-state index contributed by atoms with van der Waals surface area (Å²) in [5.74, 6) is -1.35. The van der Waals surface area contributed by atoms with Crippen molar-refractivity contribution >= 4 is 21.8 Å². The van der Waals surface area contributed by atoms with Crippen molar-refractivity contribution in [2.75, 3.05) is 12.9 Å². The lowest BCUT2D eigenvalue weighted by Crippen LogP contribution is -2.47. The molecular weight excluding hydrogens is 432 g/mol. The number of amides is 2. The van der Waals surface area contributed by atoms with Crippen molar-refractivity contribution in [3.63, 3.8) is 0 Å². The molecule has 0 aromatic heterocycles. The number of ether oxygens (including phenoxy) is 1. The van der Waals surface area contributed by atoms with Crippen LogP contribution >= 0.6 is 0 Å². The van der Waals surface area contributed by atoms with Gasteiger partial charge in [0.05, 0.1) is 29.4 Å². The minimum absolute atomic E-state index is 0.0131. The van der Waals surface area contributed by atoms with E-state index in [-0.39, 0.29) is 27.3 Å². The van der Waals surface area contributed by atoms with E-state index in [1.54, 1.807) is 12.1 Å². The number of methoxy groups -OCH3 is 1. The number of aromatic hydroxyl groups is 1. The van der Waals surface area contributed by atoms with E-state index in [1.807, 2.05) is 20.8 Å². The van der Waals surface area contributed by atoms with Crippen LogP contribution in [0.4, 0.5) is 4.79 Å². The molecule has 1 aliphatic heterocycles. The Bertz CT molecular complexity index is 1160. The first-order chi connectivity index (χ1) is 14.9. The maximum atomic E-state index is 13.1. The molecule has 0 radical (unpaired) electrons. The van der Waals surface area contributed by atoms with Gasteiger partial charge in [0.2, 0.25) is 0 Å². The molecule has 0 aliphatic carbocycles. The lowest BCUT2D eigenvalue weighted by molar-refractivity contribution is -0.136. The molecule has 0 bridgehead atoms.